The van der Waals surface area contributed by atoms with Crippen molar-refractivity contribution in [2.75, 3.05) is 5.32 Å². The minimum Gasteiger partial charge on any atom is -0.379 e. The summed E-state index contributed by atoms with van der Waals surface area (Å²) in [5, 5.41) is 3.72. The van der Waals surface area contributed by atoms with Crippen molar-refractivity contribution in [1.82, 2.24) is 0 Å². The molecule has 18 heavy (non-hydrogen) atoms. The second-order valence-corrected chi connectivity index (χ2v) is 5.92. The summed E-state index contributed by atoms with van der Waals surface area (Å²) >= 11 is 12.6. The van der Waals surface area contributed by atoms with Gasteiger partial charge in [0.1, 0.15) is 5.82 Å². The highest BCUT2D eigenvalue weighted by Crippen LogP contribution is 2.24. The summed E-state index contributed by atoms with van der Waals surface area (Å²) in [4.78, 5) is 0. The Morgan fingerprint density at radius 2 is 1.89 bits per heavy atom. The number of hydrogen-bond acceptors (Lipinski definition) is 1. The Hall–Kier alpha value is -0.580. The molecular weight excluding hydrogens is 384 g/mol. The monoisotopic (exact) mass is 391 g/mol. The normalized spacial score (nSPS) is 10.4. The standard InChI is InChI=1S/C13H9Br2ClFN/c14-9-2-4-12(17)13(5-9)18-7-8-1-3-10(16)6-11(8)15/h1-6,18H,7H2. The quantitative estimate of drug-likeness (QED) is 0.714. The number of nitrogens with one attached hydrogen (secondary N) is 1. The summed E-state index contributed by atoms with van der Waals surface area (Å²) in [6, 6.07) is 10.3. The van der Waals surface area contributed by atoms with Gasteiger partial charge in [0, 0.05) is 20.5 Å². The van der Waals surface area contributed by atoms with Crippen LogP contribution in [-0.4, -0.2) is 0 Å². The van der Waals surface area contributed by atoms with Crippen molar-refractivity contribution in [2.24, 2.45) is 0 Å². The van der Waals surface area contributed by atoms with Gasteiger partial charge in [0.2, 0.25) is 0 Å². The molecule has 0 heterocycles. The van der Waals surface area contributed by atoms with E-state index in [0.717, 1.165) is 14.5 Å². The minimum atomic E-state index is -0.275. The van der Waals surface area contributed by atoms with Gasteiger partial charge in [-0.25, -0.2) is 4.39 Å². The maximum Gasteiger partial charge on any atom is 0.146 e. The van der Waals surface area contributed by atoms with Crippen molar-refractivity contribution in [2.45, 2.75) is 6.54 Å². The van der Waals surface area contributed by atoms with Gasteiger partial charge in [-0.15, -0.1) is 0 Å². The molecule has 0 fully saturated rings. The molecule has 0 aliphatic rings. The van der Waals surface area contributed by atoms with E-state index in [4.69, 9.17) is 11.6 Å². The molecule has 0 bridgehead atoms. The van der Waals surface area contributed by atoms with E-state index in [2.05, 4.69) is 37.2 Å². The van der Waals surface area contributed by atoms with Crippen LogP contribution in [0.15, 0.2) is 45.3 Å². The van der Waals surface area contributed by atoms with E-state index in [1.807, 2.05) is 12.1 Å². The first-order valence-corrected chi connectivity index (χ1v) is 7.15. The van der Waals surface area contributed by atoms with E-state index in [1.54, 1.807) is 18.2 Å². The van der Waals surface area contributed by atoms with Crippen LogP contribution in [0, 0.1) is 5.82 Å². The van der Waals surface area contributed by atoms with Crippen LogP contribution in [0.4, 0.5) is 10.1 Å². The van der Waals surface area contributed by atoms with Crippen LogP contribution in [0.1, 0.15) is 5.56 Å². The van der Waals surface area contributed by atoms with E-state index >= 15 is 0 Å². The number of halogens is 4. The molecule has 2 rings (SSSR count). The van der Waals surface area contributed by atoms with Crippen LogP contribution in [0.3, 0.4) is 0 Å². The maximum absolute atomic E-state index is 13.5. The first-order chi connectivity index (χ1) is 8.56. The fourth-order valence-corrected chi connectivity index (χ4v) is 2.67. The molecule has 0 aliphatic carbocycles. The molecule has 94 valence electrons. The molecule has 0 atom stereocenters. The van der Waals surface area contributed by atoms with Crippen LogP contribution in [0.2, 0.25) is 5.02 Å². The average Bonchev–Trinajstić information content (AvgIpc) is 2.32. The summed E-state index contributed by atoms with van der Waals surface area (Å²) in [6.45, 7) is 0.519. The van der Waals surface area contributed by atoms with Crippen molar-refractivity contribution in [3.63, 3.8) is 0 Å². The zero-order chi connectivity index (χ0) is 13.1. The molecular formula is C13H9Br2ClFN. The molecule has 2 aromatic rings. The van der Waals surface area contributed by atoms with Crippen molar-refractivity contribution in [1.29, 1.82) is 0 Å². The fraction of sp³-hybridized carbons (Fsp3) is 0.0769. The van der Waals surface area contributed by atoms with Gasteiger partial charge in [0.25, 0.3) is 0 Å². The molecule has 0 aliphatic heterocycles. The first kappa shape index (κ1) is 13.8. The Kier molecular flexibility index (Phi) is 4.65. The van der Waals surface area contributed by atoms with Crippen LogP contribution in [0.5, 0.6) is 0 Å². The second kappa shape index (κ2) is 6.04. The lowest BCUT2D eigenvalue weighted by Gasteiger charge is -2.10. The third kappa shape index (κ3) is 3.46. The van der Waals surface area contributed by atoms with E-state index in [9.17, 15) is 4.39 Å². The van der Waals surface area contributed by atoms with Crippen molar-refractivity contribution < 1.29 is 4.39 Å². The van der Waals surface area contributed by atoms with E-state index in [1.165, 1.54) is 6.07 Å². The number of rotatable bonds is 3. The van der Waals surface area contributed by atoms with Crippen LogP contribution in [0.25, 0.3) is 0 Å². The van der Waals surface area contributed by atoms with E-state index in [0.29, 0.717) is 17.3 Å². The lowest BCUT2D eigenvalue weighted by Crippen LogP contribution is -2.02. The topological polar surface area (TPSA) is 12.0 Å². The molecule has 0 spiro atoms. The minimum absolute atomic E-state index is 0.275. The smallest absolute Gasteiger partial charge is 0.146 e. The molecule has 1 N–H and O–H groups in total. The largest absolute Gasteiger partial charge is 0.379 e. The van der Waals surface area contributed by atoms with Gasteiger partial charge in [-0.05, 0) is 35.9 Å². The Bertz CT molecular complexity index is 575. The highest BCUT2D eigenvalue weighted by atomic mass is 79.9. The van der Waals surface area contributed by atoms with Crippen LogP contribution in [-0.2, 0) is 6.54 Å². The van der Waals surface area contributed by atoms with Crippen molar-refractivity contribution in [3.05, 3.63) is 61.7 Å². The molecule has 0 saturated heterocycles. The predicted octanol–water partition coefficient (Wildman–Crippen LogP) is 5.62. The lowest BCUT2D eigenvalue weighted by atomic mass is 10.2. The van der Waals surface area contributed by atoms with Gasteiger partial charge in [0.05, 0.1) is 5.69 Å². The summed E-state index contributed by atoms with van der Waals surface area (Å²) in [5.74, 6) is -0.275. The third-order valence-electron chi connectivity index (χ3n) is 2.41. The summed E-state index contributed by atoms with van der Waals surface area (Å²) in [5.41, 5.74) is 1.48. The fourth-order valence-electron chi connectivity index (χ4n) is 1.49. The molecule has 0 amide bonds. The van der Waals surface area contributed by atoms with Gasteiger partial charge < -0.3 is 5.32 Å². The predicted molar refractivity (Wildman–Crippen MR) is 80.6 cm³/mol. The molecule has 0 unspecified atom stereocenters. The highest BCUT2D eigenvalue weighted by molar-refractivity contribution is 9.10. The molecule has 1 nitrogen and oxygen atoms in total. The molecule has 5 heteroatoms. The molecule has 2 aromatic carbocycles. The molecule has 0 aromatic heterocycles. The SMILES string of the molecule is Fc1ccc(Br)cc1NCc1ccc(Cl)cc1Br. The number of hydrogen-bond donors (Lipinski definition) is 1. The van der Waals surface area contributed by atoms with Crippen molar-refractivity contribution >= 4 is 49.1 Å². The lowest BCUT2D eigenvalue weighted by molar-refractivity contribution is 0.630. The van der Waals surface area contributed by atoms with E-state index < -0.39 is 0 Å². The number of anilines is 1. The Morgan fingerprint density at radius 3 is 2.61 bits per heavy atom. The third-order valence-corrected chi connectivity index (χ3v) is 3.88. The summed E-state index contributed by atoms with van der Waals surface area (Å²) < 4.78 is 15.3. The van der Waals surface area contributed by atoms with Gasteiger partial charge >= 0.3 is 0 Å². The Balaban J connectivity index is 2.13. The van der Waals surface area contributed by atoms with Crippen LogP contribution < -0.4 is 5.32 Å². The highest BCUT2D eigenvalue weighted by Gasteiger charge is 2.04. The zero-order valence-corrected chi connectivity index (χ0v) is 13.1. The van der Waals surface area contributed by atoms with Gasteiger partial charge in [-0.1, -0.05) is 49.5 Å². The zero-order valence-electron chi connectivity index (χ0n) is 9.18. The summed E-state index contributed by atoms with van der Waals surface area (Å²) in [6.07, 6.45) is 0. The maximum atomic E-state index is 13.5. The van der Waals surface area contributed by atoms with Gasteiger partial charge in [-0.3, -0.25) is 0 Å². The summed E-state index contributed by atoms with van der Waals surface area (Å²) in [7, 11) is 0. The van der Waals surface area contributed by atoms with Crippen LogP contribution >= 0.6 is 43.5 Å². The van der Waals surface area contributed by atoms with E-state index in [-0.39, 0.29) is 5.82 Å². The Labute approximate surface area is 127 Å². The molecule has 0 saturated carbocycles. The molecule has 0 radical (unpaired) electrons. The second-order valence-electron chi connectivity index (χ2n) is 3.71. The average molecular weight is 393 g/mol. The number of benzene rings is 2. The Morgan fingerprint density at radius 1 is 1.11 bits per heavy atom. The first-order valence-electron chi connectivity index (χ1n) is 5.19. The van der Waals surface area contributed by atoms with Crippen molar-refractivity contribution in [3.8, 4) is 0 Å². The van der Waals surface area contributed by atoms with Gasteiger partial charge in [-0.2, -0.15) is 0 Å². The van der Waals surface area contributed by atoms with Gasteiger partial charge in [0.15, 0.2) is 0 Å².